The van der Waals surface area contributed by atoms with Crippen LogP contribution in [0.4, 0.5) is 0 Å². The number of carbonyl (C=O) groups excluding carboxylic acids is 1. The number of benzene rings is 1. The maximum atomic E-state index is 11.5. The SMILES string of the molecule is CCCNC(C)c1ccc(OCC(=O)N(C)C)c(C)c1. The molecule has 1 N–H and O–H groups in total. The van der Waals surface area contributed by atoms with Crippen LogP contribution in [0.3, 0.4) is 0 Å². The van der Waals surface area contributed by atoms with E-state index in [1.54, 1.807) is 14.1 Å². The summed E-state index contributed by atoms with van der Waals surface area (Å²) >= 11 is 0. The number of carbonyl (C=O) groups is 1. The summed E-state index contributed by atoms with van der Waals surface area (Å²) in [6.07, 6.45) is 1.12. The average molecular weight is 278 g/mol. The molecule has 4 nitrogen and oxygen atoms in total. The Morgan fingerprint density at radius 2 is 2.10 bits per heavy atom. The van der Waals surface area contributed by atoms with Crippen LogP contribution in [0.15, 0.2) is 18.2 Å². The van der Waals surface area contributed by atoms with Gasteiger partial charge < -0.3 is 15.0 Å². The first-order chi connectivity index (χ1) is 9.45. The highest BCUT2D eigenvalue weighted by molar-refractivity contribution is 5.77. The zero-order chi connectivity index (χ0) is 15.1. The molecule has 112 valence electrons. The Balaban J connectivity index is 2.66. The third-order valence-electron chi connectivity index (χ3n) is 3.25. The molecule has 0 aliphatic carbocycles. The average Bonchev–Trinajstić information content (AvgIpc) is 2.42. The molecule has 0 fully saturated rings. The molecule has 0 spiro atoms. The molecule has 0 aliphatic rings. The number of nitrogens with zero attached hydrogens (tertiary/aromatic N) is 1. The molecular formula is C16H26N2O2. The van der Waals surface area contributed by atoms with Gasteiger partial charge in [0.05, 0.1) is 0 Å². The van der Waals surface area contributed by atoms with Crippen LogP contribution in [-0.4, -0.2) is 38.1 Å². The van der Waals surface area contributed by atoms with Gasteiger partial charge in [-0.1, -0.05) is 19.1 Å². The maximum absolute atomic E-state index is 11.5. The predicted octanol–water partition coefficient (Wildman–Crippen LogP) is 2.52. The normalized spacial score (nSPS) is 12.1. The van der Waals surface area contributed by atoms with Crippen LogP contribution in [0, 0.1) is 6.92 Å². The summed E-state index contributed by atoms with van der Waals surface area (Å²) in [5, 5.41) is 3.46. The molecule has 1 unspecified atom stereocenters. The first kappa shape index (κ1) is 16.5. The Labute approximate surface area is 122 Å². The van der Waals surface area contributed by atoms with Gasteiger partial charge >= 0.3 is 0 Å². The van der Waals surface area contributed by atoms with Crippen molar-refractivity contribution in [3.63, 3.8) is 0 Å². The lowest BCUT2D eigenvalue weighted by Crippen LogP contribution is -2.27. The molecule has 0 aromatic heterocycles. The molecule has 1 amide bonds. The fraction of sp³-hybridized carbons (Fsp3) is 0.562. The molecule has 0 saturated heterocycles. The van der Waals surface area contributed by atoms with E-state index in [1.165, 1.54) is 10.5 Å². The molecule has 1 aromatic carbocycles. The van der Waals surface area contributed by atoms with Gasteiger partial charge in [0, 0.05) is 20.1 Å². The maximum Gasteiger partial charge on any atom is 0.259 e. The second-order valence-electron chi connectivity index (χ2n) is 5.28. The van der Waals surface area contributed by atoms with Gasteiger partial charge in [0.1, 0.15) is 5.75 Å². The van der Waals surface area contributed by atoms with E-state index < -0.39 is 0 Å². The van der Waals surface area contributed by atoms with E-state index in [0.29, 0.717) is 6.04 Å². The van der Waals surface area contributed by atoms with Crippen LogP contribution in [0.5, 0.6) is 5.75 Å². The summed E-state index contributed by atoms with van der Waals surface area (Å²) in [5.41, 5.74) is 2.29. The van der Waals surface area contributed by atoms with Gasteiger partial charge in [-0.05, 0) is 44.0 Å². The molecule has 0 aliphatic heterocycles. The number of aryl methyl sites for hydroxylation is 1. The molecule has 1 atom stereocenters. The summed E-state index contributed by atoms with van der Waals surface area (Å²) in [7, 11) is 3.45. The van der Waals surface area contributed by atoms with Crippen molar-refractivity contribution < 1.29 is 9.53 Å². The van der Waals surface area contributed by atoms with E-state index >= 15 is 0 Å². The second kappa shape index (κ2) is 7.90. The molecular weight excluding hydrogens is 252 g/mol. The predicted molar refractivity (Wildman–Crippen MR) is 82.1 cm³/mol. The van der Waals surface area contributed by atoms with Gasteiger partial charge in [0.2, 0.25) is 0 Å². The quantitative estimate of drug-likeness (QED) is 0.833. The Hall–Kier alpha value is -1.55. The first-order valence-electron chi connectivity index (χ1n) is 7.12. The fourth-order valence-electron chi connectivity index (χ4n) is 1.85. The third kappa shape index (κ3) is 4.85. The van der Waals surface area contributed by atoms with E-state index in [4.69, 9.17) is 4.74 Å². The van der Waals surface area contributed by atoms with Crippen molar-refractivity contribution in [1.29, 1.82) is 0 Å². The number of nitrogens with one attached hydrogen (secondary N) is 1. The minimum atomic E-state index is -0.0357. The minimum absolute atomic E-state index is 0.0357. The molecule has 1 rings (SSSR count). The fourth-order valence-corrected chi connectivity index (χ4v) is 1.85. The van der Waals surface area contributed by atoms with Crippen LogP contribution in [0.2, 0.25) is 0 Å². The molecule has 1 aromatic rings. The lowest BCUT2D eigenvalue weighted by molar-refractivity contribution is -0.130. The molecule has 0 saturated carbocycles. The minimum Gasteiger partial charge on any atom is -0.484 e. The van der Waals surface area contributed by atoms with Crippen molar-refractivity contribution in [3.05, 3.63) is 29.3 Å². The Bertz CT molecular complexity index is 444. The van der Waals surface area contributed by atoms with Gasteiger partial charge in [-0.2, -0.15) is 0 Å². The van der Waals surface area contributed by atoms with Crippen LogP contribution >= 0.6 is 0 Å². The standard InChI is InChI=1S/C16H26N2O2/c1-6-9-17-13(3)14-7-8-15(12(2)10-14)20-11-16(19)18(4)5/h7-8,10,13,17H,6,9,11H2,1-5H3. The number of likely N-dealkylation sites (N-methyl/N-ethyl adjacent to an activating group) is 1. The van der Waals surface area contributed by atoms with E-state index in [-0.39, 0.29) is 12.5 Å². The summed E-state index contributed by atoms with van der Waals surface area (Å²) < 4.78 is 5.56. The summed E-state index contributed by atoms with van der Waals surface area (Å²) in [4.78, 5) is 13.0. The lowest BCUT2D eigenvalue weighted by Gasteiger charge is -2.17. The molecule has 4 heteroatoms. The van der Waals surface area contributed by atoms with Gasteiger partial charge in [-0.15, -0.1) is 0 Å². The Morgan fingerprint density at radius 1 is 1.40 bits per heavy atom. The Kier molecular flexibility index (Phi) is 6.52. The van der Waals surface area contributed by atoms with Crippen LogP contribution in [0.1, 0.15) is 37.4 Å². The zero-order valence-electron chi connectivity index (χ0n) is 13.2. The van der Waals surface area contributed by atoms with E-state index in [2.05, 4.69) is 31.3 Å². The van der Waals surface area contributed by atoms with E-state index in [1.807, 2.05) is 13.0 Å². The Morgan fingerprint density at radius 3 is 2.65 bits per heavy atom. The van der Waals surface area contributed by atoms with Gasteiger partial charge in [-0.3, -0.25) is 4.79 Å². The highest BCUT2D eigenvalue weighted by Gasteiger charge is 2.09. The molecule has 0 heterocycles. The van der Waals surface area contributed by atoms with E-state index in [9.17, 15) is 4.79 Å². The highest BCUT2D eigenvalue weighted by Crippen LogP contribution is 2.22. The van der Waals surface area contributed by atoms with Crippen molar-refractivity contribution in [1.82, 2.24) is 10.2 Å². The van der Waals surface area contributed by atoms with Crippen molar-refractivity contribution in [2.75, 3.05) is 27.2 Å². The van der Waals surface area contributed by atoms with Crippen molar-refractivity contribution in [3.8, 4) is 5.75 Å². The number of amides is 1. The van der Waals surface area contributed by atoms with Crippen LogP contribution < -0.4 is 10.1 Å². The van der Waals surface area contributed by atoms with Crippen molar-refractivity contribution in [2.45, 2.75) is 33.2 Å². The van der Waals surface area contributed by atoms with Crippen LogP contribution in [-0.2, 0) is 4.79 Å². The van der Waals surface area contributed by atoms with Crippen molar-refractivity contribution >= 4 is 5.91 Å². The zero-order valence-corrected chi connectivity index (χ0v) is 13.2. The smallest absolute Gasteiger partial charge is 0.259 e. The monoisotopic (exact) mass is 278 g/mol. The summed E-state index contributed by atoms with van der Waals surface area (Å²) in [6.45, 7) is 7.41. The molecule has 0 radical (unpaired) electrons. The summed E-state index contributed by atoms with van der Waals surface area (Å²) in [6, 6.07) is 6.43. The van der Waals surface area contributed by atoms with Crippen LogP contribution in [0.25, 0.3) is 0 Å². The van der Waals surface area contributed by atoms with Gasteiger partial charge in [0.15, 0.2) is 6.61 Å². The first-order valence-corrected chi connectivity index (χ1v) is 7.12. The van der Waals surface area contributed by atoms with Gasteiger partial charge in [0.25, 0.3) is 5.91 Å². The summed E-state index contributed by atoms with van der Waals surface area (Å²) in [5.74, 6) is 0.734. The number of rotatable bonds is 7. The largest absolute Gasteiger partial charge is 0.484 e. The molecule has 20 heavy (non-hydrogen) atoms. The van der Waals surface area contributed by atoms with Crippen molar-refractivity contribution in [2.24, 2.45) is 0 Å². The number of ether oxygens (including phenoxy) is 1. The number of hydrogen-bond acceptors (Lipinski definition) is 3. The topological polar surface area (TPSA) is 41.6 Å². The number of hydrogen-bond donors (Lipinski definition) is 1. The third-order valence-corrected chi connectivity index (χ3v) is 3.25. The highest BCUT2D eigenvalue weighted by atomic mass is 16.5. The lowest BCUT2D eigenvalue weighted by atomic mass is 10.0. The van der Waals surface area contributed by atoms with Gasteiger partial charge in [-0.25, -0.2) is 0 Å². The second-order valence-corrected chi connectivity index (χ2v) is 5.28. The molecule has 0 bridgehead atoms. The van der Waals surface area contributed by atoms with E-state index in [0.717, 1.165) is 24.3 Å².